The molecule has 1 aliphatic rings. The smallest absolute Gasteiger partial charge is 0.253 e. The van der Waals surface area contributed by atoms with Crippen LogP contribution in [0.15, 0.2) is 16.9 Å². The molecule has 0 aromatic carbocycles. The monoisotopic (exact) mass is 206 g/mol. The van der Waals surface area contributed by atoms with E-state index in [1.54, 1.807) is 0 Å². The van der Waals surface area contributed by atoms with Crippen LogP contribution in [0.3, 0.4) is 0 Å². The molecule has 3 heteroatoms. The number of aromatic nitrogens is 1. The van der Waals surface area contributed by atoms with Gasteiger partial charge in [-0.05, 0) is 31.2 Å². The van der Waals surface area contributed by atoms with E-state index in [1.165, 1.54) is 12.5 Å². The first-order valence-electron chi connectivity index (χ1n) is 5.61. The molecule has 0 aliphatic heterocycles. The van der Waals surface area contributed by atoms with E-state index in [0.29, 0.717) is 17.6 Å². The first-order chi connectivity index (χ1) is 7.09. The topological polar surface area (TPSA) is 48.0 Å². The van der Waals surface area contributed by atoms with Gasteiger partial charge in [0, 0.05) is 23.5 Å². The highest BCUT2D eigenvalue weighted by molar-refractivity contribution is 5.39. The summed E-state index contributed by atoms with van der Waals surface area (Å²) in [5, 5.41) is 0. The normalized spacial score (nSPS) is 16.7. The van der Waals surface area contributed by atoms with E-state index < -0.39 is 0 Å². The highest BCUT2D eigenvalue weighted by Crippen LogP contribution is 2.33. The summed E-state index contributed by atoms with van der Waals surface area (Å²) in [5.41, 5.74) is 7.43. The van der Waals surface area contributed by atoms with E-state index in [4.69, 9.17) is 5.73 Å². The van der Waals surface area contributed by atoms with Gasteiger partial charge in [0.2, 0.25) is 0 Å². The molecule has 1 fully saturated rings. The molecule has 2 rings (SSSR count). The van der Waals surface area contributed by atoms with Crippen LogP contribution in [-0.4, -0.2) is 4.57 Å². The fourth-order valence-electron chi connectivity index (χ4n) is 2.10. The molecular formula is C12H18N2O. The molecule has 0 saturated heterocycles. The Kier molecular flexibility index (Phi) is 2.55. The maximum absolute atomic E-state index is 11.9. The second-order valence-corrected chi connectivity index (χ2v) is 4.66. The molecule has 0 atom stereocenters. The lowest BCUT2D eigenvalue weighted by molar-refractivity contribution is 0.297. The van der Waals surface area contributed by atoms with Gasteiger partial charge in [0.25, 0.3) is 5.56 Å². The molecule has 82 valence electrons. The highest BCUT2D eigenvalue weighted by Gasteiger charge is 2.23. The van der Waals surface area contributed by atoms with Crippen LogP contribution in [0.4, 0.5) is 5.69 Å². The molecule has 2 N–H and O–H groups in total. The average molecular weight is 206 g/mol. The molecule has 0 amide bonds. The van der Waals surface area contributed by atoms with Crippen molar-refractivity contribution in [3.8, 4) is 0 Å². The Labute approximate surface area is 89.9 Å². The van der Waals surface area contributed by atoms with Crippen LogP contribution in [0.5, 0.6) is 0 Å². The third kappa shape index (κ3) is 1.78. The van der Waals surface area contributed by atoms with Crippen molar-refractivity contribution in [2.24, 2.45) is 0 Å². The van der Waals surface area contributed by atoms with Crippen molar-refractivity contribution < 1.29 is 0 Å². The molecule has 1 aromatic heterocycles. The summed E-state index contributed by atoms with van der Waals surface area (Å²) < 4.78 is 1.94. The molecule has 0 spiro atoms. The van der Waals surface area contributed by atoms with Gasteiger partial charge in [-0.15, -0.1) is 0 Å². The molecule has 15 heavy (non-hydrogen) atoms. The fourth-order valence-corrected chi connectivity index (χ4v) is 2.10. The predicted molar refractivity (Wildman–Crippen MR) is 62.1 cm³/mol. The highest BCUT2D eigenvalue weighted by atomic mass is 16.1. The molecule has 1 heterocycles. The third-order valence-electron chi connectivity index (χ3n) is 3.15. The number of anilines is 1. The zero-order valence-corrected chi connectivity index (χ0v) is 9.36. The minimum Gasteiger partial charge on any atom is -0.399 e. The second kappa shape index (κ2) is 3.72. The van der Waals surface area contributed by atoms with Crippen molar-refractivity contribution in [1.29, 1.82) is 0 Å². The van der Waals surface area contributed by atoms with Gasteiger partial charge in [-0.25, -0.2) is 0 Å². The minimum absolute atomic E-state index is 0.0587. The number of rotatable bonds is 2. The number of nitrogens with two attached hydrogens (primary N) is 1. The van der Waals surface area contributed by atoms with Crippen molar-refractivity contribution in [2.45, 2.75) is 45.1 Å². The molecular weight excluding hydrogens is 188 g/mol. The maximum atomic E-state index is 11.9. The third-order valence-corrected chi connectivity index (χ3v) is 3.15. The molecule has 1 saturated carbocycles. The maximum Gasteiger partial charge on any atom is 0.253 e. The summed E-state index contributed by atoms with van der Waals surface area (Å²) in [6.07, 6.45) is 3.49. The van der Waals surface area contributed by atoms with E-state index in [1.807, 2.05) is 10.6 Å². The first-order valence-corrected chi connectivity index (χ1v) is 5.61. The van der Waals surface area contributed by atoms with Crippen LogP contribution in [0, 0.1) is 0 Å². The SMILES string of the molecule is CC(C)c1cc(N)cc(=O)n1C1CCC1. The van der Waals surface area contributed by atoms with Gasteiger partial charge in [-0.3, -0.25) is 4.79 Å². The molecule has 1 aliphatic carbocycles. The quantitative estimate of drug-likeness (QED) is 0.807. The summed E-state index contributed by atoms with van der Waals surface area (Å²) >= 11 is 0. The Morgan fingerprint density at radius 3 is 2.53 bits per heavy atom. The van der Waals surface area contributed by atoms with Crippen molar-refractivity contribution in [2.75, 3.05) is 5.73 Å². The van der Waals surface area contributed by atoms with Gasteiger partial charge in [-0.1, -0.05) is 13.8 Å². The molecule has 3 nitrogen and oxygen atoms in total. The van der Waals surface area contributed by atoms with E-state index in [0.717, 1.165) is 18.5 Å². The number of nitrogen functional groups attached to an aromatic ring is 1. The summed E-state index contributed by atoms with van der Waals surface area (Å²) in [7, 11) is 0. The zero-order valence-electron chi connectivity index (χ0n) is 9.36. The minimum atomic E-state index is 0.0587. The largest absolute Gasteiger partial charge is 0.399 e. The van der Waals surface area contributed by atoms with Crippen molar-refractivity contribution in [3.05, 3.63) is 28.2 Å². The Hall–Kier alpha value is -1.25. The van der Waals surface area contributed by atoms with Crippen molar-refractivity contribution >= 4 is 5.69 Å². The average Bonchev–Trinajstić information content (AvgIpc) is 2.05. The number of hydrogen-bond acceptors (Lipinski definition) is 2. The standard InChI is InChI=1S/C12H18N2O/c1-8(2)11-6-9(13)7-12(15)14(11)10-4-3-5-10/h6-8,10H,3-5,13H2,1-2H3. The van der Waals surface area contributed by atoms with Crippen molar-refractivity contribution in [3.63, 3.8) is 0 Å². The van der Waals surface area contributed by atoms with Gasteiger partial charge in [0.15, 0.2) is 0 Å². The van der Waals surface area contributed by atoms with Gasteiger partial charge in [0.1, 0.15) is 0 Å². The zero-order chi connectivity index (χ0) is 11.0. The van der Waals surface area contributed by atoms with Crippen LogP contribution in [0.25, 0.3) is 0 Å². The van der Waals surface area contributed by atoms with E-state index >= 15 is 0 Å². The lowest BCUT2D eigenvalue weighted by Gasteiger charge is -2.31. The fraction of sp³-hybridized carbons (Fsp3) is 0.583. The van der Waals surface area contributed by atoms with E-state index in [2.05, 4.69) is 13.8 Å². The van der Waals surface area contributed by atoms with E-state index in [9.17, 15) is 4.79 Å². The molecule has 0 unspecified atom stereocenters. The first kappa shape index (κ1) is 10.3. The number of hydrogen-bond donors (Lipinski definition) is 1. The Bertz CT molecular complexity index is 416. The summed E-state index contributed by atoms with van der Waals surface area (Å²) in [5.74, 6) is 0.349. The Balaban J connectivity index is 2.53. The van der Waals surface area contributed by atoms with Crippen LogP contribution in [0.2, 0.25) is 0 Å². The van der Waals surface area contributed by atoms with Crippen LogP contribution in [0.1, 0.15) is 50.8 Å². The second-order valence-electron chi connectivity index (χ2n) is 4.66. The summed E-state index contributed by atoms with van der Waals surface area (Å²) in [6, 6.07) is 3.88. The molecule has 0 radical (unpaired) electrons. The lowest BCUT2D eigenvalue weighted by Crippen LogP contribution is -2.31. The van der Waals surface area contributed by atoms with Crippen LogP contribution >= 0.6 is 0 Å². The lowest BCUT2D eigenvalue weighted by atomic mass is 9.91. The number of pyridine rings is 1. The Morgan fingerprint density at radius 2 is 2.07 bits per heavy atom. The summed E-state index contributed by atoms with van der Waals surface area (Å²) in [4.78, 5) is 11.9. The Morgan fingerprint density at radius 1 is 1.40 bits per heavy atom. The van der Waals surface area contributed by atoms with Crippen LogP contribution in [-0.2, 0) is 0 Å². The number of nitrogens with zero attached hydrogens (tertiary/aromatic N) is 1. The van der Waals surface area contributed by atoms with Crippen molar-refractivity contribution in [1.82, 2.24) is 4.57 Å². The predicted octanol–water partition coefficient (Wildman–Crippen LogP) is 2.28. The van der Waals surface area contributed by atoms with Gasteiger partial charge >= 0.3 is 0 Å². The molecule has 1 aromatic rings. The summed E-state index contributed by atoms with van der Waals surface area (Å²) in [6.45, 7) is 4.20. The van der Waals surface area contributed by atoms with Gasteiger partial charge < -0.3 is 10.3 Å². The van der Waals surface area contributed by atoms with Crippen LogP contribution < -0.4 is 11.3 Å². The van der Waals surface area contributed by atoms with Gasteiger partial charge in [0.05, 0.1) is 0 Å². The molecule has 0 bridgehead atoms. The van der Waals surface area contributed by atoms with Gasteiger partial charge in [-0.2, -0.15) is 0 Å². The van der Waals surface area contributed by atoms with E-state index in [-0.39, 0.29) is 5.56 Å².